The molecule has 3 N–H and O–H groups in total. The van der Waals surface area contributed by atoms with Crippen LogP contribution in [0.4, 0.5) is 11.4 Å². The summed E-state index contributed by atoms with van der Waals surface area (Å²) in [7, 11) is -12.7. The standard InChI is InChI=1S/C40H45ClN2O9S3/c1-39(2)32-12-5-6-13-33(32)42(22-8-24-53(44,45)46)35(39)20-15-27-10-7-11-28(38(27)41)16-21-36-40(3,4)37-31-18-17-30(55(50,51)52)26-29(31)14-19-34(37)43(36)23-9-25-54(47,48)49/h5-6,12-21,26H,7-11,22-25H2,1-4H3,(H2-,44,45,46,47,48,49,50,51,52)/p+1. The van der Waals surface area contributed by atoms with Gasteiger partial charge in [0.15, 0.2) is 5.71 Å². The fourth-order valence-corrected chi connectivity index (χ4v) is 10.1. The van der Waals surface area contributed by atoms with E-state index in [1.54, 1.807) is 12.1 Å². The van der Waals surface area contributed by atoms with E-state index in [0.29, 0.717) is 17.0 Å². The third-order valence-corrected chi connectivity index (χ3v) is 13.8. The molecule has 0 saturated carbocycles. The Morgan fingerprint density at radius 3 is 2.20 bits per heavy atom. The third-order valence-electron chi connectivity index (χ3n) is 10.8. The lowest BCUT2D eigenvalue weighted by Gasteiger charge is -2.27. The number of allylic oxidation sites excluding steroid dienone is 8. The van der Waals surface area contributed by atoms with Gasteiger partial charge in [-0.1, -0.05) is 61.9 Å². The minimum Gasteiger partial charge on any atom is -0.344 e. The van der Waals surface area contributed by atoms with E-state index in [1.165, 1.54) is 12.1 Å². The summed E-state index contributed by atoms with van der Waals surface area (Å²) in [4.78, 5) is 1.90. The first-order chi connectivity index (χ1) is 25.6. The summed E-state index contributed by atoms with van der Waals surface area (Å²) in [6, 6.07) is 16.1. The minimum absolute atomic E-state index is 0.156. The molecule has 11 nitrogen and oxygen atoms in total. The van der Waals surface area contributed by atoms with Crippen molar-refractivity contribution in [3.8, 4) is 0 Å². The molecule has 2 aliphatic heterocycles. The van der Waals surface area contributed by atoms with E-state index in [9.17, 15) is 38.9 Å². The summed E-state index contributed by atoms with van der Waals surface area (Å²) in [5.74, 6) is -0.753. The fourth-order valence-electron chi connectivity index (χ4n) is 8.23. The van der Waals surface area contributed by atoms with Gasteiger partial charge in [0.25, 0.3) is 30.4 Å². The smallest absolute Gasteiger partial charge is 0.294 e. The topological polar surface area (TPSA) is 169 Å². The van der Waals surface area contributed by atoms with Crippen molar-refractivity contribution in [3.05, 3.63) is 112 Å². The van der Waals surface area contributed by atoms with Gasteiger partial charge in [0, 0.05) is 52.5 Å². The number of rotatable bonds is 12. The van der Waals surface area contributed by atoms with Crippen molar-refractivity contribution in [2.24, 2.45) is 0 Å². The summed E-state index contributed by atoms with van der Waals surface area (Å²) in [6.45, 7) is 9.03. The number of hydrogen-bond donors (Lipinski definition) is 3. The van der Waals surface area contributed by atoms with Crippen molar-refractivity contribution in [1.82, 2.24) is 0 Å². The SMILES string of the molecule is CC1(C)C(=CC=C2CCCC(C=CC3=[N+](CCCS(=O)(=O)O)c4ccc5cc(S(=O)(=O)O)ccc5c4C3(C)C)=C2Cl)N(CCCS(=O)(=O)O)c2ccccc21. The maximum atomic E-state index is 11.9. The van der Waals surface area contributed by atoms with E-state index < -0.39 is 41.5 Å². The molecule has 6 rings (SSSR count). The van der Waals surface area contributed by atoms with E-state index in [2.05, 4.69) is 30.9 Å². The first-order valence-electron chi connectivity index (χ1n) is 18.0. The lowest BCUT2D eigenvalue weighted by atomic mass is 9.78. The molecule has 2 heterocycles. The zero-order valence-electron chi connectivity index (χ0n) is 31.2. The zero-order valence-corrected chi connectivity index (χ0v) is 34.4. The molecule has 0 saturated heterocycles. The van der Waals surface area contributed by atoms with Gasteiger partial charge < -0.3 is 4.90 Å². The van der Waals surface area contributed by atoms with Crippen LogP contribution in [0.25, 0.3) is 10.8 Å². The van der Waals surface area contributed by atoms with Crippen molar-refractivity contribution in [2.75, 3.05) is 29.5 Å². The first-order valence-corrected chi connectivity index (χ1v) is 23.1. The molecule has 15 heteroatoms. The predicted molar refractivity (Wildman–Crippen MR) is 217 cm³/mol. The number of fused-ring (bicyclic) bond motifs is 4. The molecule has 3 aromatic rings. The molecule has 0 fully saturated rings. The van der Waals surface area contributed by atoms with Crippen LogP contribution in [0.15, 0.2) is 106 Å². The van der Waals surface area contributed by atoms with Gasteiger partial charge in [-0.3, -0.25) is 13.7 Å². The average Bonchev–Trinajstić information content (AvgIpc) is 3.43. The van der Waals surface area contributed by atoms with Crippen LogP contribution in [0, 0.1) is 0 Å². The predicted octanol–water partition coefficient (Wildman–Crippen LogP) is 7.86. The summed E-state index contributed by atoms with van der Waals surface area (Å²) >= 11 is 7.15. The highest BCUT2D eigenvalue weighted by Crippen LogP contribution is 2.48. The number of hydrogen-bond acceptors (Lipinski definition) is 7. The van der Waals surface area contributed by atoms with Crippen molar-refractivity contribution in [3.63, 3.8) is 0 Å². The lowest BCUT2D eigenvalue weighted by molar-refractivity contribution is -0.437. The quantitative estimate of drug-likeness (QED) is 0.121. The van der Waals surface area contributed by atoms with Crippen molar-refractivity contribution in [1.29, 1.82) is 0 Å². The van der Waals surface area contributed by atoms with Crippen LogP contribution in [0.3, 0.4) is 0 Å². The van der Waals surface area contributed by atoms with E-state index in [4.69, 9.17) is 11.6 Å². The zero-order chi connectivity index (χ0) is 40.1. The monoisotopic (exact) mass is 829 g/mol. The molecule has 1 aliphatic carbocycles. The maximum absolute atomic E-state index is 11.9. The van der Waals surface area contributed by atoms with Crippen LogP contribution in [-0.2, 0) is 41.2 Å². The highest BCUT2D eigenvalue weighted by Gasteiger charge is 2.46. The molecule has 0 radical (unpaired) electrons. The number of para-hydroxylation sites is 1. The Labute approximate surface area is 328 Å². The number of halogens is 1. The molecule has 0 spiro atoms. The number of nitrogens with zero attached hydrogens (tertiary/aromatic N) is 2. The average molecular weight is 830 g/mol. The molecule has 0 aromatic heterocycles. The van der Waals surface area contributed by atoms with Gasteiger partial charge in [0.1, 0.15) is 6.54 Å². The van der Waals surface area contributed by atoms with Crippen LogP contribution in [0.1, 0.15) is 70.9 Å². The first kappa shape index (κ1) is 41.0. The van der Waals surface area contributed by atoms with E-state index >= 15 is 0 Å². The Morgan fingerprint density at radius 1 is 0.818 bits per heavy atom. The molecule has 3 aromatic carbocycles. The van der Waals surface area contributed by atoms with Gasteiger partial charge in [0.2, 0.25) is 5.69 Å². The molecule has 3 aliphatic rings. The fraction of sp³-hybridized carbons (Fsp3) is 0.375. The highest BCUT2D eigenvalue weighted by atomic mass is 35.5. The molecule has 0 unspecified atom stereocenters. The summed E-state index contributed by atoms with van der Waals surface area (Å²) in [5.41, 5.74) is 6.57. The van der Waals surface area contributed by atoms with E-state index in [-0.39, 0.29) is 35.4 Å². The lowest BCUT2D eigenvalue weighted by Crippen LogP contribution is -2.28. The summed E-state index contributed by atoms with van der Waals surface area (Å²) < 4.78 is 101. The van der Waals surface area contributed by atoms with Crippen LogP contribution in [0.2, 0.25) is 0 Å². The highest BCUT2D eigenvalue weighted by molar-refractivity contribution is 7.86. The van der Waals surface area contributed by atoms with E-state index in [0.717, 1.165) is 69.7 Å². The largest absolute Gasteiger partial charge is 0.344 e. The second-order valence-corrected chi connectivity index (χ2v) is 20.3. The molecule has 294 valence electrons. The number of anilines is 1. The molecular weight excluding hydrogens is 784 g/mol. The summed E-state index contributed by atoms with van der Waals surface area (Å²) in [6.07, 6.45) is 10.8. The second-order valence-electron chi connectivity index (χ2n) is 15.3. The Bertz CT molecular complexity index is 2570. The van der Waals surface area contributed by atoms with E-state index in [1.807, 2.05) is 60.9 Å². The van der Waals surface area contributed by atoms with Gasteiger partial charge >= 0.3 is 0 Å². The van der Waals surface area contributed by atoms with Gasteiger partial charge in [-0.15, -0.1) is 0 Å². The maximum Gasteiger partial charge on any atom is 0.294 e. The van der Waals surface area contributed by atoms with Crippen molar-refractivity contribution < 1.29 is 43.5 Å². The number of benzene rings is 3. The van der Waals surface area contributed by atoms with Gasteiger partial charge in [0.05, 0.1) is 21.8 Å². The van der Waals surface area contributed by atoms with Crippen molar-refractivity contribution in [2.45, 2.75) is 75.5 Å². The van der Waals surface area contributed by atoms with Crippen LogP contribution >= 0.6 is 11.6 Å². The molecule has 55 heavy (non-hydrogen) atoms. The minimum atomic E-state index is -4.42. The van der Waals surface area contributed by atoms with Crippen molar-refractivity contribution >= 4 is 69.8 Å². The van der Waals surface area contributed by atoms with Gasteiger partial charge in [-0.2, -0.15) is 29.8 Å². The molecule has 0 amide bonds. The molecule has 0 atom stereocenters. The molecular formula is C40H46ClN2O9S3+. The Hall–Kier alpha value is -3.63. The van der Waals surface area contributed by atoms with Crippen LogP contribution in [-0.4, -0.2) is 73.8 Å². The normalized spacial score (nSPS) is 20.0. The van der Waals surface area contributed by atoms with Gasteiger partial charge in [-0.05, 0) is 97.4 Å². The third kappa shape index (κ3) is 8.55. The summed E-state index contributed by atoms with van der Waals surface area (Å²) in [5, 5.41) is 2.04. The van der Waals surface area contributed by atoms with Crippen LogP contribution in [0.5, 0.6) is 0 Å². The molecule has 0 bridgehead atoms. The Kier molecular flexibility index (Phi) is 11.2. The van der Waals surface area contributed by atoms with Gasteiger partial charge in [-0.25, -0.2) is 0 Å². The Morgan fingerprint density at radius 2 is 1.51 bits per heavy atom. The Balaban J connectivity index is 1.37. The van der Waals surface area contributed by atoms with Crippen LogP contribution < -0.4 is 4.90 Å². The second kappa shape index (κ2) is 15.0.